The van der Waals surface area contributed by atoms with Gasteiger partial charge in [0.05, 0.1) is 0 Å². The highest BCUT2D eigenvalue weighted by atomic mass is 79.9. The second kappa shape index (κ2) is 7.09. The molecule has 0 aliphatic carbocycles. The number of hydrogen-bond donors (Lipinski definition) is 0. The SMILES string of the molecule is Cc1cc(F)c(C(Br)CCOCC(F)F)cc1F. The van der Waals surface area contributed by atoms with E-state index in [4.69, 9.17) is 0 Å². The van der Waals surface area contributed by atoms with E-state index in [1.807, 2.05) is 0 Å². The Kier molecular flexibility index (Phi) is 6.08. The average molecular weight is 329 g/mol. The molecule has 0 saturated heterocycles. The topological polar surface area (TPSA) is 9.23 Å². The van der Waals surface area contributed by atoms with Gasteiger partial charge in [-0.15, -0.1) is 0 Å². The van der Waals surface area contributed by atoms with Gasteiger partial charge in [-0.25, -0.2) is 17.6 Å². The summed E-state index contributed by atoms with van der Waals surface area (Å²) in [5.41, 5.74) is 0.392. The number of benzene rings is 1. The molecule has 0 aliphatic rings. The van der Waals surface area contributed by atoms with E-state index in [1.54, 1.807) is 0 Å². The minimum Gasteiger partial charge on any atom is -0.375 e. The van der Waals surface area contributed by atoms with E-state index in [-0.39, 0.29) is 24.2 Å². The minimum atomic E-state index is -2.52. The number of rotatable bonds is 6. The molecule has 0 amide bonds. The van der Waals surface area contributed by atoms with Crippen LogP contribution in [0.4, 0.5) is 17.6 Å². The normalized spacial score (nSPS) is 13.1. The van der Waals surface area contributed by atoms with Crippen molar-refractivity contribution in [2.75, 3.05) is 13.2 Å². The van der Waals surface area contributed by atoms with Gasteiger partial charge in [0, 0.05) is 17.0 Å². The Balaban J connectivity index is 2.56. The maximum absolute atomic E-state index is 13.6. The van der Waals surface area contributed by atoms with Crippen molar-refractivity contribution in [3.05, 3.63) is 34.9 Å². The summed E-state index contributed by atoms with van der Waals surface area (Å²) in [6, 6.07) is 2.22. The molecule has 0 N–H and O–H groups in total. The lowest BCUT2D eigenvalue weighted by Crippen LogP contribution is -2.07. The summed E-state index contributed by atoms with van der Waals surface area (Å²) in [6.45, 7) is 0.872. The summed E-state index contributed by atoms with van der Waals surface area (Å²) >= 11 is 3.19. The quantitative estimate of drug-likeness (QED) is 0.428. The molecular weight excluding hydrogens is 316 g/mol. The number of ether oxygens (including phenoxy) is 1. The molecule has 0 aliphatic heterocycles. The molecule has 0 saturated carbocycles. The van der Waals surface area contributed by atoms with Crippen LogP contribution in [0.3, 0.4) is 0 Å². The van der Waals surface area contributed by atoms with Gasteiger partial charge in [0.15, 0.2) is 0 Å². The van der Waals surface area contributed by atoms with Crippen molar-refractivity contribution < 1.29 is 22.3 Å². The van der Waals surface area contributed by atoms with Gasteiger partial charge in [-0.1, -0.05) is 15.9 Å². The zero-order valence-electron chi connectivity index (χ0n) is 9.73. The molecule has 1 atom stereocenters. The van der Waals surface area contributed by atoms with Gasteiger partial charge in [-0.05, 0) is 31.0 Å². The monoisotopic (exact) mass is 328 g/mol. The first-order valence-electron chi connectivity index (χ1n) is 5.37. The average Bonchev–Trinajstić information content (AvgIpc) is 2.28. The lowest BCUT2D eigenvalue weighted by Gasteiger charge is -2.12. The summed E-state index contributed by atoms with van der Waals surface area (Å²) < 4.78 is 55.1. The molecule has 0 spiro atoms. The van der Waals surface area contributed by atoms with Crippen LogP contribution < -0.4 is 0 Å². The van der Waals surface area contributed by atoms with Gasteiger partial charge in [0.25, 0.3) is 6.43 Å². The summed E-state index contributed by atoms with van der Waals surface area (Å²) in [5, 5.41) is 0. The first-order valence-corrected chi connectivity index (χ1v) is 6.29. The molecule has 0 radical (unpaired) electrons. The fourth-order valence-corrected chi connectivity index (χ4v) is 1.95. The van der Waals surface area contributed by atoms with Crippen molar-refractivity contribution >= 4 is 15.9 Å². The molecule has 1 unspecified atom stereocenters. The predicted octanol–water partition coefficient (Wildman–Crippen LogP) is 4.38. The molecule has 0 heterocycles. The van der Waals surface area contributed by atoms with Gasteiger partial charge < -0.3 is 4.74 Å². The van der Waals surface area contributed by atoms with Crippen LogP contribution >= 0.6 is 15.9 Å². The third-order valence-corrected chi connectivity index (χ3v) is 3.33. The van der Waals surface area contributed by atoms with E-state index in [1.165, 1.54) is 6.92 Å². The van der Waals surface area contributed by atoms with Crippen LogP contribution in [0.1, 0.15) is 22.4 Å². The van der Waals surface area contributed by atoms with E-state index in [0.717, 1.165) is 12.1 Å². The summed E-state index contributed by atoms with van der Waals surface area (Å²) in [4.78, 5) is -0.467. The van der Waals surface area contributed by atoms with E-state index in [2.05, 4.69) is 20.7 Å². The van der Waals surface area contributed by atoms with Gasteiger partial charge in [0.2, 0.25) is 0 Å². The predicted molar refractivity (Wildman–Crippen MR) is 64.2 cm³/mol. The third kappa shape index (κ3) is 4.57. The largest absolute Gasteiger partial charge is 0.375 e. The summed E-state index contributed by atoms with van der Waals surface area (Å²) in [7, 11) is 0. The van der Waals surface area contributed by atoms with Crippen LogP contribution in [0.25, 0.3) is 0 Å². The fourth-order valence-electron chi connectivity index (χ4n) is 1.42. The van der Waals surface area contributed by atoms with E-state index >= 15 is 0 Å². The van der Waals surface area contributed by atoms with Crippen LogP contribution in [0.15, 0.2) is 12.1 Å². The zero-order valence-corrected chi connectivity index (χ0v) is 11.3. The molecule has 18 heavy (non-hydrogen) atoms. The number of alkyl halides is 3. The van der Waals surface area contributed by atoms with E-state index in [0.29, 0.717) is 0 Å². The van der Waals surface area contributed by atoms with Gasteiger partial charge in [-0.3, -0.25) is 0 Å². The molecule has 1 rings (SSSR count). The van der Waals surface area contributed by atoms with E-state index < -0.39 is 29.5 Å². The molecule has 1 aromatic rings. The molecule has 0 fully saturated rings. The minimum absolute atomic E-state index is 0.0508. The van der Waals surface area contributed by atoms with Crippen LogP contribution in [-0.2, 0) is 4.74 Å². The maximum Gasteiger partial charge on any atom is 0.261 e. The second-order valence-corrected chi connectivity index (χ2v) is 4.95. The van der Waals surface area contributed by atoms with E-state index in [9.17, 15) is 17.6 Å². The molecular formula is C12H13BrF4O. The number of aryl methyl sites for hydroxylation is 1. The molecule has 1 nitrogen and oxygen atoms in total. The van der Waals surface area contributed by atoms with Gasteiger partial charge in [-0.2, -0.15) is 0 Å². The van der Waals surface area contributed by atoms with Crippen molar-refractivity contribution in [1.29, 1.82) is 0 Å². The fraction of sp³-hybridized carbons (Fsp3) is 0.500. The molecule has 102 valence electrons. The second-order valence-electron chi connectivity index (χ2n) is 3.85. The smallest absolute Gasteiger partial charge is 0.261 e. The van der Waals surface area contributed by atoms with Crippen LogP contribution in [-0.4, -0.2) is 19.6 Å². The molecule has 6 heteroatoms. The lowest BCUT2D eigenvalue weighted by molar-refractivity contribution is 0.0167. The highest BCUT2D eigenvalue weighted by Crippen LogP contribution is 2.30. The van der Waals surface area contributed by atoms with Crippen molar-refractivity contribution in [3.63, 3.8) is 0 Å². The van der Waals surface area contributed by atoms with Gasteiger partial charge in [0.1, 0.15) is 18.2 Å². The van der Waals surface area contributed by atoms with Crippen LogP contribution in [0.2, 0.25) is 0 Å². The Morgan fingerprint density at radius 3 is 2.50 bits per heavy atom. The van der Waals surface area contributed by atoms with Crippen molar-refractivity contribution in [1.82, 2.24) is 0 Å². The maximum atomic E-state index is 13.6. The Bertz CT molecular complexity index is 398. The van der Waals surface area contributed by atoms with Crippen molar-refractivity contribution in [2.24, 2.45) is 0 Å². The Morgan fingerprint density at radius 1 is 1.22 bits per heavy atom. The number of hydrogen-bond acceptors (Lipinski definition) is 1. The lowest BCUT2D eigenvalue weighted by atomic mass is 10.1. The summed E-state index contributed by atoms with van der Waals surface area (Å²) in [5.74, 6) is -1.02. The Morgan fingerprint density at radius 2 is 1.89 bits per heavy atom. The Labute approximate surface area is 111 Å². The number of halogens is 5. The van der Waals surface area contributed by atoms with Gasteiger partial charge >= 0.3 is 0 Å². The highest BCUT2D eigenvalue weighted by molar-refractivity contribution is 9.09. The van der Waals surface area contributed by atoms with Crippen LogP contribution in [0, 0.1) is 18.6 Å². The van der Waals surface area contributed by atoms with Crippen LogP contribution in [0.5, 0.6) is 0 Å². The van der Waals surface area contributed by atoms with Crippen molar-refractivity contribution in [2.45, 2.75) is 24.6 Å². The van der Waals surface area contributed by atoms with Crippen molar-refractivity contribution in [3.8, 4) is 0 Å². The Hall–Kier alpha value is -0.620. The zero-order chi connectivity index (χ0) is 13.7. The first kappa shape index (κ1) is 15.4. The molecule has 1 aromatic carbocycles. The third-order valence-electron chi connectivity index (χ3n) is 2.37. The molecule has 0 bridgehead atoms. The first-order chi connectivity index (χ1) is 8.41. The highest BCUT2D eigenvalue weighted by Gasteiger charge is 2.15. The standard InChI is InChI=1S/C12H13BrF4O/c1-7-4-11(15)8(5-10(7)14)9(13)2-3-18-6-12(16)17/h4-5,9,12H,2-3,6H2,1H3. The molecule has 0 aromatic heterocycles. The summed E-state index contributed by atoms with van der Waals surface area (Å²) in [6.07, 6.45) is -2.24.